The lowest BCUT2D eigenvalue weighted by atomic mass is 9.94. The zero-order valence-electron chi connectivity index (χ0n) is 18.9. The summed E-state index contributed by atoms with van der Waals surface area (Å²) in [6.45, 7) is 5.91. The number of nitro groups is 1. The predicted molar refractivity (Wildman–Crippen MR) is 121 cm³/mol. The summed E-state index contributed by atoms with van der Waals surface area (Å²) in [5.41, 5.74) is 1.38. The molecule has 1 aliphatic rings. The van der Waals surface area contributed by atoms with Crippen LogP contribution in [-0.2, 0) is 14.3 Å². The van der Waals surface area contributed by atoms with E-state index in [4.69, 9.17) is 9.47 Å². The summed E-state index contributed by atoms with van der Waals surface area (Å²) < 4.78 is 10.8. The third kappa shape index (κ3) is 4.88. The minimum absolute atomic E-state index is 0.0311. The van der Waals surface area contributed by atoms with E-state index in [-0.39, 0.29) is 36.3 Å². The normalized spacial score (nSPS) is 17.6. The molecule has 0 unspecified atom stereocenters. The molecule has 1 amide bonds. The Morgan fingerprint density at radius 1 is 1.18 bits per heavy atom. The number of carbonyl (C=O) groups is 2. The highest BCUT2D eigenvalue weighted by Crippen LogP contribution is 2.40. The summed E-state index contributed by atoms with van der Waals surface area (Å²) in [5.74, 6) is -1.27. The first-order valence-electron chi connectivity index (χ1n) is 10.4. The fourth-order valence-corrected chi connectivity index (χ4v) is 3.76. The molecule has 2 aromatic carbocycles. The molecular formula is C24H26N2O7. The first kappa shape index (κ1) is 23.9. The van der Waals surface area contributed by atoms with Crippen molar-refractivity contribution in [1.82, 2.24) is 4.90 Å². The molecular weight excluding hydrogens is 428 g/mol. The Kier molecular flexibility index (Phi) is 7.13. The van der Waals surface area contributed by atoms with Gasteiger partial charge < -0.3 is 19.5 Å². The molecule has 33 heavy (non-hydrogen) atoms. The minimum Gasteiger partial charge on any atom is -0.507 e. The number of carbonyl (C=O) groups excluding carboxylic acids is 2. The van der Waals surface area contributed by atoms with Gasteiger partial charge in [0.2, 0.25) is 0 Å². The molecule has 1 atom stereocenters. The van der Waals surface area contributed by atoms with Crippen molar-refractivity contribution in [3.8, 4) is 5.75 Å². The molecule has 0 bridgehead atoms. The van der Waals surface area contributed by atoms with Gasteiger partial charge in [0.15, 0.2) is 0 Å². The zero-order chi connectivity index (χ0) is 24.3. The lowest BCUT2D eigenvalue weighted by Gasteiger charge is -2.25. The summed E-state index contributed by atoms with van der Waals surface area (Å²) in [4.78, 5) is 37.6. The Bertz CT molecular complexity index is 1110. The highest BCUT2D eigenvalue weighted by molar-refractivity contribution is 6.46. The van der Waals surface area contributed by atoms with Crippen molar-refractivity contribution >= 4 is 23.1 Å². The zero-order valence-corrected chi connectivity index (χ0v) is 18.9. The third-order valence-corrected chi connectivity index (χ3v) is 5.31. The number of aliphatic hydroxyl groups is 1. The maximum atomic E-state index is 13.0. The molecule has 0 aliphatic carbocycles. The van der Waals surface area contributed by atoms with Crippen molar-refractivity contribution in [2.24, 2.45) is 0 Å². The van der Waals surface area contributed by atoms with Gasteiger partial charge in [0, 0.05) is 31.4 Å². The first-order chi connectivity index (χ1) is 15.6. The smallest absolute Gasteiger partial charge is 0.295 e. The van der Waals surface area contributed by atoms with Gasteiger partial charge in [-0.3, -0.25) is 19.7 Å². The average molecular weight is 454 g/mol. The Labute approximate surface area is 191 Å². The quantitative estimate of drug-likeness (QED) is 0.212. The summed E-state index contributed by atoms with van der Waals surface area (Å²) in [6, 6.07) is 9.65. The number of amides is 1. The molecule has 1 aliphatic heterocycles. The van der Waals surface area contributed by atoms with Crippen molar-refractivity contribution in [3.63, 3.8) is 0 Å². The van der Waals surface area contributed by atoms with Crippen LogP contribution in [0.15, 0.2) is 48.0 Å². The standard InChI is InChI=1S/C24H26N2O7/c1-14(2)33-19-10-7-17(13-15(19)3)22(27)20-21(16-5-8-18(9-6-16)26(30)31)25(11-12-32-4)24(29)23(20)28/h5-10,13-14,21,27H,11-12H2,1-4H3/b22-20+/t21-/m1/s1. The number of non-ortho nitro benzene ring substituents is 1. The molecule has 0 spiro atoms. The largest absolute Gasteiger partial charge is 0.507 e. The van der Waals surface area contributed by atoms with Crippen molar-refractivity contribution < 1.29 is 29.1 Å². The number of rotatable bonds is 8. The molecule has 0 saturated carbocycles. The number of ketones is 1. The van der Waals surface area contributed by atoms with E-state index >= 15 is 0 Å². The van der Waals surface area contributed by atoms with Gasteiger partial charge >= 0.3 is 0 Å². The fourth-order valence-electron chi connectivity index (χ4n) is 3.76. The second-order valence-electron chi connectivity index (χ2n) is 7.98. The van der Waals surface area contributed by atoms with E-state index in [0.29, 0.717) is 16.9 Å². The second kappa shape index (κ2) is 9.83. The van der Waals surface area contributed by atoms with E-state index in [1.807, 2.05) is 20.8 Å². The molecule has 0 aromatic heterocycles. The van der Waals surface area contributed by atoms with Crippen LogP contribution in [0.5, 0.6) is 5.75 Å². The van der Waals surface area contributed by atoms with Gasteiger partial charge in [-0.15, -0.1) is 0 Å². The lowest BCUT2D eigenvalue weighted by molar-refractivity contribution is -0.384. The number of hydrogen-bond acceptors (Lipinski definition) is 7. The predicted octanol–water partition coefficient (Wildman–Crippen LogP) is 3.76. The molecule has 0 radical (unpaired) electrons. The SMILES string of the molecule is COCCN1C(=O)C(=O)/C(=C(/O)c2ccc(OC(C)C)c(C)c2)[C@H]1c1ccc([N+](=O)[O-])cc1. The van der Waals surface area contributed by atoms with Crippen molar-refractivity contribution in [2.75, 3.05) is 20.3 Å². The highest BCUT2D eigenvalue weighted by Gasteiger charge is 2.46. The second-order valence-corrected chi connectivity index (χ2v) is 7.98. The molecule has 1 heterocycles. The summed E-state index contributed by atoms with van der Waals surface area (Å²) in [5, 5.41) is 22.2. The highest BCUT2D eigenvalue weighted by atomic mass is 16.6. The van der Waals surface area contributed by atoms with Crippen LogP contribution in [0.3, 0.4) is 0 Å². The van der Waals surface area contributed by atoms with Gasteiger partial charge in [-0.2, -0.15) is 0 Å². The summed E-state index contributed by atoms with van der Waals surface area (Å²) in [6.07, 6.45) is -0.0311. The Morgan fingerprint density at radius 2 is 1.85 bits per heavy atom. The minimum atomic E-state index is -0.909. The summed E-state index contributed by atoms with van der Waals surface area (Å²) >= 11 is 0. The molecule has 2 aromatic rings. The third-order valence-electron chi connectivity index (χ3n) is 5.31. The average Bonchev–Trinajstić information content (AvgIpc) is 3.03. The van der Waals surface area contributed by atoms with E-state index in [2.05, 4.69) is 0 Å². The fraction of sp³-hybridized carbons (Fsp3) is 0.333. The van der Waals surface area contributed by atoms with E-state index in [9.17, 15) is 24.8 Å². The number of aliphatic hydroxyl groups excluding tert-OH is 1. The van der Waals surface area contributed by atoms with Crippen LogP contribution in [0.1, 0.15) is 36.6 Å². The molecule has 3 rings (SSSR count). The van der Waals surface area contributed by atoms with E-state index in [1.54, 1.807) is 18.2 Å². The molecule has 9 heteroatoms. The number of aryl methyl sites for hydroxylation is 1. The van der Waals surface area contributed by atoms with Crippen molar-refractivity contribution in [3.05, 3.63) is 74.8 Å². The van der Waals surface area contributed by atoms with E-state index in [1.165, 1.54) is 36.3 Å². The van der Waals surface area contributed by atoms with E-state index in [0.717, 1.165) is 5.56 Å². The molecule has 9 nitrogen and oxygen atoms in total. The molecule has 174 valence electrons. The maximum absolute atomic E-state index is 13.0. The number of nitro benzene ring substituents is 1. The van der Waals surface area contributed by atoms with Crippen LogP contribution in [0, 0.1) is 17.0 Å². The first-order valence-corrected chi connectivity index (χ1v) is 10.4. The lowest BCUT2D eigenvalue weighted by Crippen LogP contribution is -2.32. The van der Waals surface area contributed by atoms with Crippen LogP contribution in [-0.4, -0.2) is 53.0 Å². The van der Waals surface area contributed by atoms with Crippen LogP contribution in [0.2, 0.25) is 0 Å². The van der Waals surface area contributed by atoms with Crippen molar-refractivity contribution in [1.29, 1.82) is 0 Å². The molecule has 1 fully saturated rings. The van der Waals surface area contributed by atoms with Crippen LogP contribution < -0.4 is 4.74 Å². The van der Waals surface area contributed by atoms with Gasteiger partial charge in [-0.1, -0.05) is 0 Å². The van der Waals surface area contributed by atoms with Gasteiger partial charge in [0.05, 0.1) is 29.2 Å². The van der Waals surface area contributed by atoms with Gasteiger partial charge in [0.1, 0.15) is 11.5 Å². The van der Waals surface area contributed by atoms with Crippen molar-refractivity contribution in [2.45, 2.75) is 32.9 Å². The molecule has 1 N–H and O–H groups in total. The maximum Gasteiger partial charge on any atom is 0.295 e. The Morgan fingerprint density at radius 3 is 2.39 bits per heavy atom. The Hall–Kier alpha value is -3.72. The van der Waals surface area contributed by atoms with Crippen LogP contribution >= 0.6 is 0 Å². The van der Waals surface area contributed by atoms with Gasteiger partial charge in [-0.05, 0) is 62.2 Å². The van der Waals surface area contributed by atoms with Crippen LogP contribution in [0.4, 0.5) is 5.69 Å². The summed E-state index contributed by atoms with van der Waals surface area (Å²) in [7, 11) is 1.47. The molecule has 1 saturated heterocycles. The van der Waals surface area contributed by atoms with Gasteiger partial charge in [-0.25, -0.2) is 0 Å². The number of ether oxygens (including phenoxy) is 2. The number of Topliss-reactive ketones (excluding diaryl/α,β-unsaturated/α-hetero) is 1. The number of nitrogens with zero attached hydrogens (tertiary/aromatic N) is 2. The number of hydrogen-bond donors (Lipinski definition) is 1. The number of likely N-dealkylation sites (tertiary alicyclic amines) is 1. The monoisotopic (exact) mass is 454 g/mol. The van der Waals surface area contributed by atoms with Crippen LogP contribution in [0.25, 0.3) is 5.76 Å². The van der Waals surface area contributed by atoms with E-state index < -0.39 is 22.7 Å². The Balaban J connectivity index is 2.12. The van der Waals surface area contributed by atoms with Gasteiger partial charge in [0.25, 0.3) is 17.4 Å². The number of methoxy groups -OCH3 is 1. The topological polar surface area (TPSA) is 119 Å². The number of benzene rings is 2.